The van der Waals surface area contributed by atoms with Crippen LogP contribution >= 0.6 is 0 Å². The van der Waals surface area contributed by atoms with E-state index in [9.17, 15) is 35.1 Å². The molecule has 0 amide bonds. The Labute approximate surface area is 131 Å². The van der Waals surface area contributed by atoms with Crippen molar-refractivity contribution in [2.45, 2.75) is 31.1 Å². The van der Waals surface area contributed by atoms with Gasteiger partial charge in [0.15, 0.2) is 0 Å². The van der Waals surface area contributed by atoms with Gasteiger partial charge < -0.3 is 14.8 Å². The first kappa shape index (κ1) is 20.5. The van der Waals surface area contributed by atoms with Gasteiger partial charge in [-0.05, 0) is 24.0 Å². The standard InChI is InChI=1S/C12H11BF8O3/c14-10(15,12(19,20)21)4-1-5-24-9-3-2-7(13(22)23)6-8(9)11(16,17)18/h2-3,6,22-23H,1,4-5H2. The summed E-state index contributed by atoms with van der Waals surface area (Å²) in [7, 11) is -2.18. The zero-order chi connectivity index (χ0) is 18.8. The smallest absolute Gasteiger partial charge is 0.488 e. The first-order valence-electron chi connectivity index (χ1n) is 6.40. The van der Waals surface area contributed by atoms with E-state index in [4.69, 9.17) is 10.0 Å². The van der Waals surface area contributed by atoms with Crippen LogP contribution < -0.4 is 10.2 Å². The number of ether oxygens (including phenoxy) is 1. The molecule has 3 nitrogen and oxygen atoms in total. The van der Waals surface area contributed by atoms with Crippen LogP contribution in [0.15, 0.2) is 18.2 Å². The molecule has 1 aromatic carbocycles. The van der Waals surface area contributed by atoms with Gasteiger partial charge in [-0.15, -0.1) is 0 Å². The summed E-state index contributed by atoms with van der Waals surface area (Å²) in [4.78, 5) is 0. The summed E-state index contributed by atoms with van der Waals surface area (Å²) in [5, 5.41) is 17.7. The van der Waals surface area contributed by atoms with E-state index in [1.807, 2.05) is 0 Å². The Balaban J connectivity index is 2.78. The fourth-order valence-corrected chi connectivity index (χ4v) is 1.67. The van der Waals surface area contributed by atoms with Crippen molar-refractivity contribution in [1.29, 1.82) is 0 Å². The predicted octanol–water partition coefficient (Wildman–Crippen LogP) is 2.74. The number of rotatable bonds is 6. The van der Waals surface area contributed by atoms with Gasteiger partial charge in [-0.1, -0.05) is 6.07 Å². The predicted molar refractivity (Wildman–Crippen MR) is 67.0 cm³/mol. The lowest BCUT2D eigenvalue weighted by atomic mass is 9.79. The fraction of sp³-hybridized carbons (Fsp3) is 0.500. The van der Waals surface area contributed by atoms with E-state index in [1.54, 1.807) is 0 Å². The highest BCUT2D eigenvalue weighted by molar-refractivity contribution is 6.58. The molecule has 0 aliphatic carbocycles. The molecule has 0 fully saturated rings. The van der Waals surface area contributed by atoms with E-state index in [-0.39, 0.29) is 0 Å². The molecule has 0 aromatic heterocycles. The van der Waals surface area contributed by atoms with E-state index in [0.717, 1.165) is 12.1 Å². The minimum absolute atomic E-state index is 0.379. The molecule has 0 unspecified atom stereocenters. The first-order valence-corrected chi connectivity index (χ1v) is 6.40. The minimum atomic E-state index is -5.75. The molecule has 0 saturated carbocycles. The van der Waals surface area contributed by atoms with Crippen LogP contribution in [0.25, 0.3) is 0 Å². The van der Waals surface area contributed by atoms with Crippen LogP contribution in [0.1, 0.15) is 18.4 Å². The van der Waals surface area contributed by atoms with Crippen LogP contribution in [0.3, 0.4) is 0 Å². The lowest BCUT2D eigenvalue weighted by Crippen LogP contribution is -2.36. The Kier molecular flexibility index (Phi) is 6.09. The summed E-state index contributed by atoms with van der Waals surface area (Å²) < 4.78 is 104. The lowest BCUT2D eigenvalue weighted by Gasteiger charge is -2.20. The van der Waals surface area contributed by atoms with Crippen molar-refractivity contribution in [3.05, 3.63) is 23.8 Å². The lowest BCUT2D eigenvalue weighted by molar-refractivity contribution is -0.284. The van der Waals surface area contributed by atoms with Crippen molar-refractivity contribution >= 4 is 12.6 Å². The molecule has 0 spiro atoms. The second kappa shape index (κ2) is 7.13. The molecule has 12 heteroatoms. The summed E-state index contributed by atoms with van der Waals surface area (Å²) in [6.45, 7) is -0.810. The molecule has 24 heavy (non-hydrogen) atoms. The molecule has 136 valence electrons. The highest BCUT2D eigenvalue weighted by Gasteiger charge is 2.56. The monoisotopic (exact) mass is 366 g/mol. The second-order valence-electron chi connectivity index (χ2n) is 4.78. The third-order valence-electron chi connectivity index (χ3n) is 2.91. The molecule has 1 aromatic rings. The van der Waals surface area contributed by atoms with E-state index in [1.165, 1.54) is 0 Å². The van der Waals surface area contributed by atoms with Gasteiger partial charge in [-0.3, -0.25) is 0 Å². The topological polar surface area (TPSA) is 49.7 Å². The normalized spacial score (nSPS) is 13.1. The molecule has 0 heterocycles. The van der Waals surface area contributed by atoms with Crippen molar-refractivity contribution in [1.82, 2.24) is 0 Å². The third kappa shape index (κ3) is 5.23. The van der Waals surface area contributed by atoms with Gasteiger partial charge in [0.2, 0.25) is 0 Å². The molecular formula is C12H11BF8O3. The summed E-state index contributed by atoms with van der Waals surface area (Å²) in [6, 6.07) is 1.99. The molecule has 2 N–H and O–H groups in total. The highest BCUT2D eigenvalue weighted by Crippen LogP contribution is 2.39. The number of halogens is 8. The van der Waals surface area contributed by atoms with Gasteiger partial charge >= 0.3 is 25.4 Å². The Morgan fingerprint density at radius 3 is 2.00 bits per heavy atom. The van der Waals surface area contributed by atoms with Gasteiger partial charge in [0.05, 0.1) is 12.2 Å². The van der Waals surface area contributed by atoms with Crippen LogP contribution in [0.5, 0.6) is 5.75 Å². The fourth-order valence-electron chi connectivity index (χ4n) is 1.67. The Morgan fingerprint density at radius 2 is 1.54 bits per heavy atom. The van der Waals surface area contributed by atoms with Gasteiger partial charge in [0.1, 0.15) is 5.75 Å². The third-order valence-corrected chi connectivity index (χ3v) is 2.91. The number of benzene rings is 1. The summed E-state index contributed by atoms with van der Waals surface area (Å²) >= 11 is 0. The minimum Gasteiger partial charge on any atom is -0.493 e. The first-order chi connectivity index (χ1) is 10.8. The van der Waals surface area contributed by atoms with Crippen molar-refractivity contribution in [3.63, 3.8) is 0 Å². The number of hydrogen-bond donors (Lipinski definition) is 2. The van der Waals surface area contributed by atoms with Crippen LogP contribution in [-0.4, -0.2) is 35.9 Å². The van der Waals surface area contributed by atoms with E-state index >= 15 is 0 Å². The van der Waals surface area contributed by atoms with Gasteiger partial charge in [0.25, 0.3) is 0 Å². The Morgan fingerprint density at radius 1 is 0.958 bits per heavy atom. The molecule has 0 aliphatic heterocycles. The van der Waals surface area contributed by atoms with E-state index in [0.29, 0.717) is 6.07 Å². The van der Waals surface area contributed by atoms with Crippen molar-refractivity contribution in [3.8, 4) is 5.75 Å². The zero-order valence-electron chi connectivity index (χ0n) is 11.8. The van der Waals surface area contributed by atoms with Crippen LogP contribution in [0, 0.1) is 0 Å². The van der Waals surface area contributed by atoms with Gasteiger partial charge in [0, 0.05) is 6.42 Å². The SMILES string of the molecule is OB(O)c1ccc(OCCCC(F)(F)C(F)(F)F)c(C(F)(F)F)c1. The average Bonchev–Trinajstić information content (AvgIpc) is 2.41. The average molecular weight is 366 g/mol. The van der Waals surface area contributed by atoms with E-state index in [2.05, 4.69) is 4.74 Å². The van der Waals surface area contributed by atoms with Crippen molar-refractivity contribution < 1.29 is 49.9 Å². The summed E-state index contributed by atoms with van der Waals surface area (Å²) in [5.41, 5.74) is -1.89. The molecule has 0 bridgehead atoms. The second-order valence-corrected chi connectivity index (χ2v) is 4.78. The van der Waals surface area contributed by atoms with Gasteiger partial charge in [-0.25, -0.2) is 0 Å². The van der Waals surface area contributed by atoms with Crippen molar-refractivity contribution in [2.24, 2.45) is 0 Å². The molecule has 0 radical (unpaired) electrons. The maximum absolute atomic E-state index is 12.8. The molecule has 0 aliphatic rings. The van der Waals surface area contributed by atoms with Crippen molar-refractivity contribution in [2.75, 3.05) is 6.61 Å². The van der Waals surface area contributed by atoms with E-state index < -0.39 is 61.6 Å². The summed E-state index contributed by atoms with van der Waals surface area (Å²) in [6.07, 6.45) is -13.2. The molecule has 0 saturated heterocycles. The zero-order valence-corrected chi connectivity index (χ0v) is 11.8. The molecule has 0 atom stereocenters. The van der Waals surface area contributed by atoms with Crippen LogP contribution in [0.4, 0.5) is 35.1 Å². The maximum atomic E-state index is 12.8. The van der Waals surface area contributed by atoms with Gasteiger partial charge in [-0.2, -0.15) is 35.1 Å². The quantitative estimate of drug-likeness (QED) is 0.463. The number of alkyl halides is 8. The van der Waals surface area contributed by atoms with Crippen LogP contribution in [-0.2, 0) is 6.18 Å². The summed E-state index contributed by atoms with van der Waals surface area (Å²) in [5.74, 6) is -5.78. The largest absolute Gasteiger partial charge is 0.493 e. The Bertz CT molecular complexity index is 556. The highest BCUT2D eigenvalue weighted by atomic mass is 19.4. The molecular weight excluding hydrogens is 355 g/mol. The molecule has 1 rings (SSSR count). The Hall–Kier alpha value is -1.56. The number of hydrogen-bond acceptors (Lipinski definition) is 3. The maximum Gasteiger partial charge on any atom is 0.488 e. The van der Waals surface area contributed by atoms with Crippen LogP contribution in [0.2, 0.25) is 0 Å².